The maximum absolute atomic E-state index is 12.9. The van der Waals surface area contributed by atoms with Gasteiger partial charge in [0.25, 0.3) is 0 Å². The number of ether oxygens (including phenoxy) is 1. The van der Waals surface area contributed by atoms with E-state index in [1.807, 2.05) is 0 Å². The van der Waals surface area contributed by atoms with Gasteiger partial charge in [0.1, 0.15) is 12.4 Å². The van der Waals surface area contributed by atoms with Gasteiger partial charge in [0.15, 0.2) is 0 Å². The molecule has 116 valence electrons. The van der Waals surface area contributed by atoms with Crippen molar-refractivity contribution in [2.45, 2.75) is 6.92 Å². The zero-order valence-corrected chi connectivity index (χ0v) is 12.1. The van der Waals surface area contributed by atoms with Crippen LogP contribution in [0.1, 0.15) is 6.92 Å². The quantitative estimate of drug-likeness (QED) is 0.833. The van der Waals surface area contributed by atoms with Crippen LogP contribution < -0.4 is 4.90 Å². The molecular weight excluding hydrogens is 279 g/mol. The highest BCUT2D eigenvalue weighted by Crippen LogP contribution is 2.16. The fourth-order valence-corrected chi connectivity index (χ4v) is 1.83. The topological polar surface area (TPSA) is 70.1 Å². The number of halogens is 1. The lowest BCUT2D eigenvalue weighted by atomic mass is 10.3. The molecule has 1 rings (SSSR count). The average Bonchev–Trinajstić information content (AvgIpc) is 2.45. The van der Waals surface area contributed by atoms with Crippen molar-refractivity contribution in [3.63, 3.8) is 0 Å². The lowest BCUT2D eigenvalue weighted by Gasteiger charge is -2.29. The molecule has 0 aromatic heterocycles. The molecule has 2 amide bonds. The van der Waals surface area contributed by atoms with E-state index in [9.17, 15) is 14.0 Å². The van der Waals surface area contributed by atoms with Crippen molar-refractivity contribution in [3.8, 4) is 0 Å². The zero-order chi connectivity index (χ0) is 15.8. The first kappa shape index (κ1) is 16.9. The van der Waals surface area contributed by atoms with Crippen molar-refractivity contribution in [1.82, 2.24) is 4.90 Å². The van der Waals surface area contributed by atoms with Gasteiger partial charge >= 0.3 is 12.0 Å². The number of benzene rings is 1. The van der Waals surface area contributed by atoms with Gasteiger partial charge in [-0.1, -0.05) is 0 Å². The SMILES string of the molecule is CCN(C(=O)N(CCOC)CC(=O)O)c1ccc(F)cc1. The van der Waals surface area contributed by atoms with Gasteiger partial charge in [-0.3, -0.25) is 9.69 Å². The van der Waals surface area contributed by atoms with Gasteiger partial charge in [-0.15, -0.1) is 0 Å². The monoisotopic (exact) mass is 298 g/mol. The van der Waals surface area contributed by atoms with Crippen molar-refractivity contribution in [2.24, 2.45) is 0 Å². The third kappa shape index (κ3) is 5.03. The summed E-state index contributed by atoms with van der Waals surface area (Å²) < 4.78 is 17.8. The van der Waals surface area contributed by atoms with Crippen LogP contribution >= 0.6 is 0 Å². The van der Waals surface area contributed by atoms with Gasteiger partial charge in [-0.2, -0.15) is 0 Å². The van der Waals surface area contributed by atoms with Crippen LogP contribution in [0.15, 0.2) is 24.3 Å². The fraction of sp³-hybridized carbons (Fsp3) is 0.429. The lowest BCUT2D eigenvalue weighted by molar-refractivity contribution is -0.137. The molecule has 0 atom stereocenters. The third-order valence-corrected chi connectivity index (χ3v) is 2.85. The number of aliphatic carboxylic acids is 1. The average molecular weight is 298 g/mol. The Kier molecular flexibility index (Phi) is 6.61. The summed E-state index contributed by atoms with van der Waals surface area (Å²) >= 11 is 0. The number of hydrogen-bond acceptors (Lipinski definition) is 3. The van der Waals surface area contributed by atoms with Crippen LogP contribution in [-0.4, -0.2) is 55.4 Å². The number of urea groups is 1. The second-order valence-corrected chi connectivity index (χ2v) is 4.31. The van der Waals surface area contributed by atoms with Crippen molar-refractivity contribution in [3.05, 3.63) is 30.1 Å². The minimum atomic E-state index is -1.10. The third-order valence-electron chi connectivity index (χ3n) is 2.85. The van der Waals surface area contributed by atoms with E-state index in [2.05, 4.69) is 0 Å². The molecule has 0 bridgehead atoms. The standard InChI is InChI=1S/C14H19FN2O4/c1-3-17(12-6-4-11(15)5-7-12)14(20)16(8-9-21-2)10-13(18)19/h4-7H,3,8-10H2,1-2H3,(H,18,19). The van der Waals surface area contributed by atoms with E-state index in [4.69, 9.17) is 9.84 Å². The Balaban J connectivity index is 2.91. The molecule has 6 nitrogen and oxygen atoms in total. The molecular formula is C14H19FN2O4. The van der Waals surface area contributed by atoms with Crippen LogP contribution in [0.5, 0.6) is 0 Å². The van der Waals surface area contributed by atoms with Gasteiger partial charge < -0.3 is 14.7 Å². The van der Waals surface area contributed by atoms with Crippen molar-refractivity contribution in [2.75, 3.05) is 38.3 Å². The van der Waals surface area contributed by atoms with E-state index in [0.717, 1.165) is 0 Å². The van der Waals surface area contributed by atoms with Crippen LogP contribution in [0.3, 0.4) is 0 Å². The minimum absolute atomic E-state index is 0.166. The molecule has 0 aliphatic carbocycles. The number of carboxylic acids is 1. The first-order valence-electron chi connectivity index (χ1n) is 6.52. The number of carbonyl (C=O) groups excluding carboxylic acids is 1. The number of nitrogens with zero attached hydrogens (tertiary/aromatic N) is 2. The van der Waals surface area contributed by atoms with Crippen LogP contribution in [0.2, 0.25) is 0 Å². The smallest absolute Gasteiger partial charge is 0.325 e. The Bertz CT molecular complexity index is 478. The predicted octanol–water partition coefficient (Wildman–Crippen LogP) is 1.80. The van der Waals surface area contributed by atoms with E-state index in [1.165, 1.54) is 41.2 Å². The van der Waals surface area contributed by atoms with Gasteiger partial charge in [-0.25, -0.2) is 9.18 Å². The molecule has 0 saturated heterocycles. The molecule has 0 radical (unpaired) electrons. The maximum atomic E-state index is 12.9. The summed E-state index contributed by atoms with van der Waals surface area (Å²) in [4.78, 5) is 25.9. The number of carboxylic acid groups (broad SMARTS) is 1. The van der Waals surface area contributed by atoms with E-state index in [1.54, 1.807) is 6.92 Å². The Morgan fingerprint density at radius 3 is 2.38 bits per heavy atom. The van der Waals surface area contributed by atoms with Crippen molar-refractivity contribution in [1.29, 1.82) is 0 Å². The summed E-state index contributed by atoms with van der Waals surface area (Å²) in [6, 6.07) is 5.01. The van der Waals surface area contributed by atoms with Crippen LogP contribution in [0.25, 0.3) is 0 Å². The number of rotatable bonds is 7. The van der Waals surface area contributed by atoms with E-state index < -0.39 is 24.4 Å². The Morgan fingerprint density at radius 1 is 1.29 bits per heavy atom. The summed E-state index contributed by atoms with van der Waals surface area (Å²) in [5.41, 5.74) is 0.511. The van der Waals surface area contributed by atoms with Crippen LogP contribution in [-0.2, 0) is 9.53 Å². The molecule has 1 aromatic rings. The molecule has 1 N–H and O–H groups in total. The molecule has 1 aromatic carbocycles. The van der Waals surface area contributed by atoms with Gasteiger partial charge in [0.2, 0.25) is 0 Å². The highest BCUT2D eigenvalue weighted by molar-refractivity contribution is 5.93. The molecule has 0 fully saturated rings. The molecule has 0 unspecified atom stereocenters. The normalized spacial score (nSPS) is 10.2. The Labute approximate surface area is 122 Å². The highest BCUT2D eigenvalue weighted by atomic mass is 19.1. The number of amides is 2. The fourth-order valence-electron chi connectivity index (χ4n) is 1.83. The minimum Gasteiger partial charge on any atom is -0.480 e. The summed E-state index contributed by atoms with van der Waals surface area (Å²) in [5.74, 6) is -1.50. The molecule has 21 heavy (non-hydrogen) atoms. The second kappa shape index (κ2) is 8.21. The van der Waals surface area contributed by atoms with Crippen molar-refractivity contribution >= 4 is 17.7 Å². The van der Waals surface area contributed by atoms with E-state index in [0.29, 0.717) is 12.2 Å². The van der Waals surface area contributed by atoms with Crippen molar-refractivity contribution < 1.29 is 23.8 Å². The molecule has 7 heteroatoms. The molecule has 0 spiro atoms. The van der Waals surface area contributed by atoms with E-state index in [-0.39, 0.29) is 13.2 Å². The number of hydrogen-bond donors (Lipinski definition) is 1. The summed E-state index contributed by atoms with van der Waals surface area (Å²) in [7, 11) is 1.47. The zero-order valence-electron chi connectivity index (χ0n) is 12.1. The lowest BCUT2D eigenvalue weighted by Crippen LogP contribution is -2.46. The summed E-state index contributed by atoms with van der Waals surface area (Å²) in [6.45, 7) is 2.09. The predicted molar refractivity (Wildman–Crippen MR) is 75.9 cm³/mol. The van der Waals surface area contributed by atoms with Gasteiger partial charge in [0, 0.05) is 25.9 Å². The first-order chi connectivity index (χ1) is 9.99. The first-order valence-corrected chi connectivity index (χ1v) is 6.52. The van der Waals surface area contributed by atoms with Gasteiger partial charge in [0.05, 0.1) is 6.61 Å². The van der Waals surface area contributed by atoms with Gasteiger partial charge in [-0.05, 0) is 31.2 Å². The number of anilines is 1. The maximum Gasteiger partial charge on any atom is 0.325 e. The van der Waals surface area contributed by atoms with Crippen LogP contribution in [0.4, 0.5) is 14.9 Å². The highest BCUT2D eigenvalue weighted by Gasteiger charge is 2.22. The molecule has 0 heterocycles. The molecule has 0 aliphatic rings. The Hall–Kier alpha value is -2.15. The number of methoxy groups -OCH3 is 1. The molecule has 0 aliphatic heterocycles. The Morgan fingerprint density at radius 2 is 1.90 bits per heavy atom. The summed E-state index contributed by atoms with van der Waals surface area (Å²) in [5, 5.41) is 8.89. The summed E-state index contributed by atoms with van der Waals surface area (Å²) in [6.07, 6.45) is 0. The largest absolute Gasteiger partial charge is 0.480 e. The number of carbonyl (C=O) groups is 2. The van der Waals surface area contributed by atoms with Crippen LogP contribution in [0, 0.1) is 5.82 Å². The second-order valence-electron chi connectivity index (χ2n) is 4.31. The van der Waals surface area contributed by atoms with E-state index >= 15 is 0 Å². The molecule has 0 saturated carbocycles.